The van der Waals surface area contributed by atoms with Crippen LogP contribution in [0.5, 0.6) is 0 Å². The molecule has 1 rings (SSSR count). The number of benzene rings is 1. The molecule has 0 saturated heterocycles. The van der Waals surface area contributed by atoms with Crippen LogP contribution in [0.25, 0.3) is 0 Å². The molecule has 0 fully saturated rings. The number of hydrogen-bond acceptors (Lipinski definition) is 3. The molecule has 1 N–H and O–H groups in total. The minimum Gasteiger partial charge on any atom is -0.392 e. The maximum Gasteiger partial charge on any atom is 0.161 e. The average molecular weight is 239 g/mol. The van der Waals surface area contributed by atoms with Crippen LogP contribution in [0.2, 0.25) is 0 Å². The second-order valence-corrected chi connectivity index (χ2v) is 4.40. The predicted octanol–water partition coefficient (Wildman–Crippen LogP) is 2.15. The van der Waals surface area contributed by atoms with Gasteiger partial charge in [0.15, 0.2) is 5.78 Å². The van der Waals surface area contributed by atoms with Crippen LogP contribution in [-0.2, 0) is 0 Å². The van der Waals surface area contributed by atoms with Gasteiger partial charge in [0.2, 0.25) is 0 Å². The summed E-state index contributed by atoms with van der Waals surface area (Å²) in [5.41, 5.74) is 1.48. The van der Waals surface area contributed by atoms with Gasteiger partial charge in [-0.15, -0.1) is 0 Å². The van der Waals surface area contributed by atoms with Gasteiger partial charge in [0.25, 0.3) is 0 Å². The van der Waals surface area contributed by atoms with Crippen molar-refractivity contribution in [3.05, 3.63) is 29.1 Å². The molecular weight excluding hydrogens is 221 g/mol. The van der Waals surface area contributed by atoms with Crippen LogP contribution in [-0.4, -0.2) is 30.6 Å². The molecule has 1 atom stereocenters. The molecule has 17 heavy (non-hydrogen) atoms. The highest BCUT2D eigenvalue weighted by Gasteiger charge is 2.15. The second-order valence-electron chi connectivity index (χ2n) is 4.40. The lowest BCUT2D eigenvalue weighted by Gasteiger charge is -2.23. The maximum atomic E-state index is 13.4. The fraction of sp³-hybridized carbons (Fsp3) is 0.462. The number of aliphatic hydroxyl groups is 1. The summed E-state index contributed by atoms with van der Waals surface area (Å²) in [7, 11) is 1.77. The lowest BCUT2D eigenvalue weighted by atomic mass is 10.0. The van der Waals surface area contributed by atoms with E-state index in [2.05, 4.69) is 0 Å². The molecule has 0 saturated carbocycles. The number of anilines is 1. The molecule has 4 heteroatoms. The number of carbonyl (C=O) groups is 1. The third-order valence-electron chi connectivity index (χ3n) is 2.61. The number of hydrogen-bond donors (Lipinski definition) is 1. The van der Waals surface area contributed by atoms with Gasteiger partial charge in [-0.05, 0) is 38.5 Å². The van der Waals surface area contributed by atoms with E-state index in [1.165, 1.54) is 13.0 Å². The van der Waals surface area contributed by atoms with Crippen LogP contribution in [0.15, 0.2) is 12.1 Å². The minimum atomic E-state index is -0.509. The van der Waals surface area contributed by atoms with Crippen molar-refractivity contribution in [1.82, 2.24) is 0 Å². The van der Waals surface area contributed by atoms with Gasteiger partial charge >= 0.3 is 0 Å². The van der Waals surface area contributed by atoms with Crippen LogP contribution in [0.3, 0.4) is 0 Å². The summed E-state index contributed by atoms with van der Waals surface area (Å²) in [6.45, 7) is 5.12. The van der Waals surface area contributed by atoms with Crippen molar-refractivity contribution in [3.63, 3.8) is 0 Å². The van der Waals surface area contributed by atoms with E-state index in [4.69, 9.17) is 0 Å². The van der Waals surface area contributed by atoms with Crippen molar-refractivity contribution >= 4 is 11.5 Å². The van der Waals surface area contributed by atoms with Crippen LogP contribution in [0.4, 0.5) is 10.1 Å². The number of Topliss-reactive ketones (excluding diaryl/α,β-unsaturated/α-hetero) is 1. The summed E-state index contributed by atoms with van der Waals surface area (Å²) < 4.78 is 13.4. The summed E-state index contributed by atoms with van der Waals surface area (Å²) in [4.78, 5) is 13.2. The van der Waals surface area contributed by atoms with E-state index in [9.17, 15) is 14.3 Å². The number of nitrogens with zero attached hydrogens (tertiary/aromatic N) is 1. The fourth-order valence-electron chi connectivity index (χ4n) is 1.76. The van der Waals surface area contributed by atoms with Gasteiger partial charge in [-0.3, -0.25) is 4.79 Å². The van der Waals surface area contributed by atoms with Gasteiger partial charge in [-0.2, -0.15) is 0 Å². The highest BCUT2D eigenvalue weighted by atomic mass is 19.1. The third-order valence-corrected chi connectivity index (χ3v) is 2.61. The summed E-state index contributed by atoms with van der Waals surface area (Å²) in [6.07, 6.45) is -0.509. The van der Waals surface area contributed by atoms with Crippen molar-refractivity contribution < 1.29 is 14.3 Å². The molecular formula is C13H18FNO2. The van der Waals surface area contributed by atoms with Crippen molar-refractivity contribution in [2.45, 2.75) is 26.9 Å². The van der Waals surface area contributed by atoms with Crippen molar-refractivity contribution in [1.29, 1.82) is 0 Å². The van der Waals surface area contributed by atoms with Crippen LogP contribution >= 0.6 is 0 Å². The molecule has 0 radical (unpaired) electrons. The smallest absolute Gasteiger partial charge is 0.161 e. The number of halogens is 1. The zero-order chi connectivity index (χ0) is 13.2. The first-order valence-corrected chi connectivity index (χ1v) is 5.53. The van der Waals surface area contributed by atoms with Gasteiger partial charge in [-0.25, -0.2) is 4.39 Å². The van der Waals surface area contributed by atoms with Crippen LogP contribution in [0.1, 0.15) is 29.8 Å². The Morgan fingerprint density at radius 1 is 1.53 bits per heavy atom. The van der Waals surface area contributed by atoms with Crippen molar-refractivity contribution in [2.24, 2.45) is 0 Å². The molecule has 1 aromatic carbocycles. The maximum absolute atomic E-state index is 13.4. The zero-order valence-corrected chi connectivity index (χ0v) is 10.6. The summed E-state index contributed by atoms with van der Waals surface area (Å²) in [5, 5.41) is 9.34. The van der Waals surface area contributed by atoms with Crippen LogP contribution < -0.4 is 4.90 Å². The van der Waals surface area contributed by atoms with E-state index in [1.807, 2.05) is 0 Å². The van der Waals surface area contributed by atoms with Gasteiger partial charge < -0.3 is 10.0 Å². The Kier molecular flexibility index (Phi) is 4.23. The van der Waals surface area contributed by atoms with Crippen molar-refractivity contribution in [2.75, 3.05) is 18.5 Å². The Labute approximate surface area is 101 Å². The normalized spacial score (nSPS) is 12.4. The fourth-order valence-corrected chi connectivity index (χ4v) is 1.76. The molecule has 0 heterocycles. The Hall–Kier alpha value is -1.42. The molecule has 0 bridgehead atoms. The highest BCUT2D eigenvalue weighted by Crippen LogP contribution is 2.24. The molecule has 0 amide bonds. The van der Waals surface area contributed by atoms with Gasteiger partial charge in [0.05, 0.1) is 6.10 Å². The lowest BCUT2D eigenvalue weighted by Crippen LogP contribution is -2.28. The molecule has 1 aromatic rings. The minimum absolute atomic E-state index is 0.184. The first kappa shape index (κ1) is 13.6. The number of aliphatic hydroxyl groups excluding tert-OH is 1. The Balaban J connectivity index is 3.20. The average Bonchev–Trinajstić information content (AvgIpc) is 2.19. The lowest BCUT2D eigenvalue weighted by molar-refractivity contribution is 0.101. The molecule has 1 unspecified atom stereocenters. The Morgan fingerprint density at radius 3 is 2.59 bits per heavy atom. The van der Waals surface area contributed by atoms with E-state index in [0.717, 1.165) is 0 Å². The zero-order valence-electron chi connectivity index (χ0n) is 10.6. The van der Waals surface area contributed by atoms with Gasteiger partial charge in [0, 0.05) is 24.8 Å². The molecule has 0 aromatic heterocycles. The molecule has 0 spiro atoms. The molecule has 0 aliphatic heterocycles. The van der Waals surface area contributed by atoms with Gasteiger partial charge in [-0.1, -0.05) is 0 Å². The molecule has 0 aliphatic rings. The van der Waals surface area contributed by atoms with E-state index in [-0.39, 0.29) is 11.6 Å². The number of ketones is 1. The number of carbonyl (C=O) groups excluding carboxylic acids is 1. The van der Waals surface area contributed by atoms with Gasteiger partial charge in [0.1, 0.15) is 5.82 Å². The summed E-state index contributed by atoms with van der Waals surface area (Å²) >= 11 is 0. The Bertz CT molecular complexity index is 430. The monoisotopic (exact) mass is 239 g/mol. The highest BCUT2D eigenvalue weighted by molar-refractivity contribution is 5.99. The quantitative estimate of drug-likeness (QED) is 0.818. The summed E-state index contributed by atoms with van der Waals surface area (Å²) in [5.74, 6) is -0.569. The molecule has 94 valence electrons. The van der Waals surface area contributed by atoms with E-state index >= 15 is 0 Å². The predicted molar refractivity (Wildman–Crippen MR) is 66.1 cm³/mol. The topological polar surface area (TPSA) is 40.5 Å². The standard InChI is InChI=1S/C13H18FNO2/c1-8-5-13(15(4)7-9(2)16)11(10(3)17)6-12(8)14/h5-6,9,16H,7H2,1-4H3. The van der Waals surface area contributed by atoms with E-state index < -0.39 is 6.10 Å². The molecule has 0 aliphatic carbocycles. The number of rotatable bonds is 4. The first-order chi connectivity index (χ1) is 7.82. The SMILES string of the molecule is CC(=O)c1cc(F)c(C)cc1N(C)CC(C)O. The molecule has 3 nitrogen and oxygen atoms in total. The first-order valence-electron chi connectivity index (χ1n) is 5.53. The second kappa shape index (κ2) is 5.27. The number of likely N-dealkylation sites (N-methyl/N-ethyl adjacent to an activating group) is 1. The van der Waals surface area contributed by atoms with Crippen molar-refractivity contribution in [3.8, 4) is 0 Å². The Morgan fingerprint density at radius 2 is 2.12 bits per heavy atom. The van der Waals surface area contributed by atoms with Crippen LogP contribution in [0, 0.1) is 12.7 Å². The van der Waals surface area contributed by atoms with E-state index in [1.54, 1.807) is 31.9 Å². The largest absolute Gasteiger partial charge is 0.392 e. The van der Waals surface area contributed by atoms with E-state index in [0.29, 0.717) is 23.4 Å². The third kappa shape index (κ3) is 3.27. The summed E-state index contributed by atoms with van der Waals surface area (Å²) in [6, 6.07) is 2.89. The number of aryl methyl sites for hydroxylation is 1.